The van der Waals surface area contributed by atoms with Crippen LogP contribution in [0.25, 0.3) is 0 Å². The van der Waals surface area contributed by atoms with Crippen LogP contribution in [0.4, 0.5) is 4.79 Å². The van der Waals surface area contributed by atoms with Gasteiger partial charge in [0.2, 0.25) is 0 Å². The number of aliphatic hydroxyl groups excluding tert-OH is 1. The summed E-state index contributed by atoms with van der Waals surface area (Å²) in [6, 6.07) is -0.314. The van der Waals surface area contributed by atoms with Crippen LogP contribution in [0.2, 0.25) is 0 Å². The van der Waals surface area contributed by atoms with Crippen molar-refractivity contribution in [3.05, 3.63) is 0 Å². The normalized spacial score (nSPS) is 17.4. The molecule has 0 bridgehead atoms. The van der Waals surface area contributed by atoms with Gasteiger partial charge in [-0.1, -0.05) is 0 Å². The number of aliphatic hydroxyl groups is 1. The maximum absolute atomic E-state index is 11.8. The van der Waals surface area contributed by atoms with E-state index in [4.69, 9.17) is 10.2 Å². The maximum atomic E-state index is 11.8. The molecule has 1 aliphatic heterocycles. The number of carboxylic acids is 1. The minimum Gasteiger partial charge on any atom is -0.479 e. The monoisotopic (exact) mass is 288 g/mol. The molecule has 1 heterocycles. The molecule has 0 saturated carbocycles. The summed E-state index contributed by atoms with van der Waals surface area (Å²) in [6.45, 7) is 0.989. The highest BCUT2D eigenvalue weighted by Crippen LogP contribution is 2.18. The fraction of sp³-hybridized carbons (Fsp3) is 0.750. The largest absolute Gasteiger partial charge is 0.479 e. The molecule has 114 valence electrons. The van der Waals surface area contributed by atoms with Gasteiger partial charge >= 0.3 is 18.0 Å². The van der Waals surface area contributed by atoms with Crippen molar-refractivity contribution >= 4 is 18.0 Å². The summed E-state index contributed by atoms with van der Waals surface area (Å²) in [5.74, 6) is -1.73. The molecule has 3 N–H and O–H groups in total. The molecular weight excluding hydrogens is 268 g/mol. The Hall–Kier alpha value is -1.83. The number of aliphatic carboxylic acids is 1. The van der Waals surface area contributed by atoms with Crippen LogP contribution in [0, 0.1) is 5.92 Å². The number of carboxylic acid groups (broad SMARTS) is 1. The van der Waals surface area contributed by atoms with Gasteiger partial charge in [0.05, 0.1) is 13.0 Å². The van der Waals surface area contributed by atoms with Crippen LogP contribution in [0.5, 0.6) is 0 Å². The molecule has 8 heteroatoms. The number of hydrogen-bond acceptors (Lipinski definition) is 5. The fourth-order valence-corrected chi connectivity index (χ4v) is 2.04. The van der Waals surface area contributed by atoms with Gasteiger partial charge in [0.15, 0.2) is 6.10 Å². The maximum Gasteiger partial charge on any atom is 0.332 e. The predicted molar refractivity (Wildman–Crippen MR) is 68.0 cm³/mol. The predicted octanol–water partition coefficient (Wildman–Crippen LogP) is -0.583. The fourth-order valence-electron chi connectivity index (χ4n) is 2.04. The molecule has 1 unspecified atom stereocenters. The van der Waals surface area contributed by atoms with Crippen LogP contribution >= 0.6 is 0 Å². The second kappa shape index (κ2) is 7.68. The van der Waals surface area contributed by atoms with Crippen LogP contribution in [-0.4, -0.2) is 65.9 Å². The second-order valence-corrected chi connectivity index (χ2v) is 4.66. The van der Waals surface area contributed by atoms with Crippen LogP contribution in [0.15, 0.2) is 0 Å². The second-order valence-electron chi connectivity index (χ2n) is 4.66. The topological polar surface area (TPSA) is 116 Å². The molecule has 0 radical (unpaired) electrons. The molecule has 1 fully saturated rings. The highest BCUT2D eigenvalue weighted by Gasteiger charge is 2.27. The van der Waals surface area contributed by atoms with Gasteiger partial charge in [-0.2, -0.15) is 0 Å². The number of ether oxygens (including phenoxy) is 1. The number of urea groups is 1. The highest BCUT2D eigenvalue weighted by atomic mass is 16.5. The molecular formula is C12H20N2O6. The van der Waals surface area contributed by atoms with Crippen LogP contribution in [0.1, 0.15) is 19.3 Å². The molecule has 8 nitrogen and oxygen atoms in total. The lowest BCUT2D eigenvalue weighted by molar-refractivity contribution is -0.147. The summed E-state index contributed by atoms with van der Waals surface area (Å²) in [7, 11) is 1.34. The number of hydrogen-bond donors (Lipinski definition) is 3. The third-order valence-corrected chi connectivity index (χ3v) is 3.30. The summed E-state index contributed by atoms with van der Waals surface area (Å²) in [4.78, 5) is 35.0. The number of esters is 1. The van der Waals surface area contributed by atoms with Crippen molar-refractivity contribution in [3.8, 4) is 0 Å². The molecule has 1 saturated heterocycles. The summed E-state index contributed by atoms with van der Waals surface area (Å²) in [6.07, 6.45) is -0.407. The third kappa shape index (κ3) is 4.69. The van der Waals surface area contributed by atoms with Crippen molar-refractivity contribution < 1.29 is 29.3 Å². The molecule has 0 aromatic heterocycles. The lowest BCUT2D eigenvalue weighted by atomic mass is 9.97. The van der Waals surface area contributed by atoms with Crippen molar-refractivity contribution in [1.29, 1.82) is 0 Å². The zero-order valence-corrected chi connectivity index (χ0v) is 11.4. The minimum absolute atomic E-state index is 0.0420. The SMILES string of the molecule is COC(=O)C1CCN(C(=O)NCCC(O)C(=O)O)CC1. The summed E-state index contributed by atoms with van der Waals surface area (Å²) in [5, 5.41) is 20.1. The van der Waals surface area contributed by atoms with E-state index in [0.717, 1.165) is 0 Å². The van der Waals surface area contributed by atoms with Gasteiger partial charge < -0.3 is 25.2 Å². The number of piperidine rings is 1. The van der Waals surface area contributed by atoms with Gasteiger partial charge in [0.1, 0.15) is 0 Å². The van der Waals surface area contributed by atoms with Gasteiger partial charge in [-0.05, 0) is 12.8 Å². The Morgan fingerprint density at radius 1 is 1.35 bits per heavy atom. The van der Waals surface area contributed by atoms with Crippen LogP contribution in [-0.2, 0) is 14.3 Å². The number of nitrogens with zero attached hydrogens (tertiary/aromatic N) is 1. The lowest BCUT2D eigenvalue weighted by Gasteiger charge is -2.30. The van der Waals surface area contributed by atoms with E-state index in [-0.39, 0.29) is 30.9 Å². The molecule has 0 aromatic carbocycles. The summed E-state index contributed by atoms with van der Waals surface area (Å²) in [5.41, 5.74) is 0. The first-order valence-electron chi connectivity index (χ1n) is 6.47. The first kappa shape index (κ1) is 16.2. The van der Waals surface area contributed by atoms with E-state index in [1.165, 1.54) is 7.11 Å². The number of methoxy groups -OCH3 is 1. The number of carbonyl (C=O) groups excluding carboxylic acids is 2. The van der Waals surface area contributed by atoms with Crippen molar-refractivity contribution in [2.24, 2.45) is 5.92 Å². The third-order valence-electron chi connectivity index (χ3n) is 3.30. The van der Waals surface area contributed by atoms with Gasteiger partial charge in [-0.25, -0.2) is 9.59 Å². The Morgan fingerprint density at radius 2 is 1.95 bits per heavy atom. The molecule has 0 aromatic rings. The quantitative estimate of drug-likeness (QED) is 0.583. The summed E-state index contributed by atoms with van der Waals surface area (Å²) < 4.78 is 4.66. The Labute approximate surface area is 116 Å². The molecule has 1 rings (SSSR count). The number of nitrogens with one attached hydrogen (secondary N) is 1. The molecule has 2 amide bonds. The molecule has 0 spiro atoms. The van der Waals surface area contributed by atoms with E-state index in [1.807, 2.05) is 0 Å². The first-order chi connectivity index (χ1) is 9.45. The number of carbonyl (C=O) groups is 3. The van der Waals surface area contributed by atoms with E-state index in [2.05, 4.69) is 10.1 Å². The lowest BCUT2D eigenvalue weighted by Crippen LogP contribution is -2.46. The van der Waals surface area contributed by atoms with E-state index >= 15 is 0 Å². The van der Waals surface area contributed by atoms with Crippen molar-refractivity contribution in [2.75, 3.05) is 26.7 Å². The highest BCUT2D eigenvalue weighted by molar-refractivity contribution is 5.76. The standard InChI is InChI=1S/C12H20N2O6/c1-20-11(18)8-3-6-14(7-4-8)12(19)13-5-2-9(15)10(16)17/h8-9,15H,2-7H2,1H3,(H,13,19)(H,16,17). The number of amides is 2. The van der Waals surface area contributed by atoms with Crippen molar-refractivity contribution in [3.63, 3.8) is 0 Å². The zero-order chi connectivity index (χ0) is 15.1. The zero-order valence-electron chi connectivity index (χ0n) is 11.4. The average molecular weight is 288 g/mol. The van der Waals surface area contributed by atoms with Crippen molar-refractivity contribution in [1.82, 2.24) is 10.2 Å². The smallest absolute Gasteiger partial charge is 0.332 e. The van der Waals surface area contributed by atoms with E-state index in [0.29, 0.717) is 25.9 Å². The van der Waals surface area contributed by atoms with Gasteiger partial charge in [-0.15, -0.1) is 0 Å². The molecule has 1 aliphatic rings. The number of likely N-dealkylation sites (tertiary alicyclic amines) is 1. The molecule has 0 aliphatic carbocycles. The van der Waals surface area contributed by atoms with E-state index in [1.54, 1.807) is 4.90 Å². The van der Waals surface area contributed by atoms with Crippen molar-refractivity contribution in [2.45, 2.75) is 25.4 Å². The average Bonchev–Trinajstić information content (AvgIpc) is 2.46. The minimum atomic E-state index is -1.47. The Bertz CT molecular complexity index is 365. The van der Waals surface area contributed by atoms with Crippen LogP contribution in [0.3, 0.4) is 0 Å². The molecule has 20 heavy (non-hydrogen) atoms. The molecule has 1 atom stereocenters. The van der Waals surface area contributed by atoms with E-state index < -0.39 is 12.1 Å². The summed E-state index contributed by atoms with van der Waals surface area (Å²) >= 11 is 0. The number of rotatable bonds is 5. The van der Waals surface area contributed by atoms with Gasteiger partial charge in [0, 0.05) is 26.1 Å². The van der Waals surface area contributed by atoms with Gasteiger partial charge in [-0.3, -0.25) is 4.79 Å². The Kier molecular flexibility index (Phi) is 6.23. The first-order valence-corrected chi connectivity index (χ1v) is 6.47. The van der Waals surface area contributed by atoms with E-state index in [9.17, 15) is 14.4 Å². The van der Waals surface area contributed by atoms with Gasteiger partial charge in [0.25, 0.3) is 0 Å². The Morgan fingerprint density at radius 3 is 2.45 bits per heavy atom. The van der Waals surface area contributed by atoms with Crippen LogP contribution < -0.4 is 5.32 Å². The Balaban J connectivity index is 2.26.